The number of rotatable bonds is 6. The molecule has 0 radical (unpaired) electrons. The van der Waals surface area contributed by atoms with Crippen LogP contribution in [0, 0.1) is 11.3 Å². The number of carbonyl (C=O) groups excluding carboxylic acids is 3. The van der Waals surface area contributed by atoms with E-state index in [2.05, 4.69) is 5.32 Å². The number of hydrogen-bond donors (Lipinski definition) is 1. The van der Waals surface area contributed by atoms with E-state index in [0.29, 0.717) is 56.1 Å². The molecule has 34 heavy (non-hydrogen) atoms. The Balaban J connectivity index is 1.85. The van der Waals surface area contributed by atoms with Crippen LogP contribution in [0.25, 0.3) is 0 Å². The fraction of sp³-hybridized carbons (Fsp3) is 0.654. The van der Waals surface area contributed by atoms with Crippen LogP contribution >= 0.6 is 0 Å². The van der Waals surface area contributed by atoms with Gasteiger partial charge >= 0.3 is 0 Å². The summed E-state index contributed by atoms with van der Waals surface area (Å²) < 4.78 is 11.5. The first kappa shape index (κ1) is 26.0. The number of likely N-dealkylation sites (tertiary alicyclic amines) is 1. The van der Waals surface area contributed by atoms with Crippen LogP contribution in [0.1, 0.15) is 64.2 Å². The first-order valence-electron chi connectivity index (χ1n) is 12.1. The molecular weight excluding hydrogens is 434 g/mol. The van der Waals surface area contributed by atoms with E-state index in [-0.39, 0.29) is 29.7 Å². The lowest BCUT2D eigenvalue weighted by atomic mass is 9.90. The Kier molecular flexibility index (Phi) is 7.91. The highest BCUT2D eigenvalue weighted by Crippen LogP contribution is 2.39. The normalized spacial score (nSPS) is 20.0. The monoisotopic (exact) mass is 473 g/mol. The summed E-state index contributed by atoms with van der Waals surface area (Å²) in [6.45, 7) is 11.8. The van der Waals surface area contributed by atoms with Gasteiger partial charge in [0.1, 0.15) is 17.5 Å². The summed E-state index contributed by atoms with van der Waals surface area (Å²) in [6, 6.07) is 6.21. The zero-order chi connectivity index (χ0) is 25.1. The van der Waals surface area contributed by atoms with Gasteiger partial charge in [-0.3, -0.25) is 19.3 Å². The Hall–Kier alpha value is -2.61. The zero-order valence-electron chi connectivity index (χ0n) is 21.3. The lowest BCUT2D eigenvalue weighted by Crippen LogP contribution is -2.60. The second kappa shape index (κ2) is 10.3. The molecule has 1 aromatic rings. The number of amides is 3. The summed E-state index contributed by atoms with van der Waals surface area (Å²) in [4.78, 5) is 43.1. The molecule has 2 heterocycles. The largest absolute Gasteiger partial charge is 0.497 e. The molecule has 2 fully saturated rings. The van der Waals surface area contributed by atoms with Crippen molar-refractivity contribution in [2.24, 2.45) is 11.3 Å². The number of benzene rings is 1. The van der Waals surface area contributed by atoms with E-state index in [0.717, 1.165) is 0 Å². The van der Waals surface area contributed by atoms with Gasteiger partial charge in [-0.05, 0) is 29.5 Å². The fourth-order valence-electron chi connectivity index (χ4n) is 4.56. The summed E-state index contributed by atoms with van der Waals surface area (Å²) in [5, 5.41) is 2.96. The molecule has 1 N–H and O–H groups in total. The van der Waals surface area contributed by atoms with E-state index in [4.69, 9.17) is 9.47 Å². The van der Waals surface area contributed by atoms with E-state index >= 15 is 0 Å². The van der Waals surface area contributed by atoms with Gasteiger partial charge in [0.2, 0.25) is 11.8 Å². The maximum absolute atomic E-state index is 13.8. The molecule has 1 spiro atoms. The summed E-state index contributed by atoms with van der Waals surface area (Å²) >= 11 is 0. The molecule has 0 aliphatic carbocycles. The molecular formula is C26H39N3O5. The second-order valence-corrected chi connectivity index (χ2v) is 10.9. The summed E-state index contributed by atoms with van der Waals surface area (Å²) in [5.41, 5.74) is -0.570. The van der Waals surface area contributed by atoms with Crippen LogP contribution in [-0.4, -0.2) is 72.6 Å². The quantitative estimate of drug-likeness (QED) is 0.686. The Morgan fingerprint density at radius 1 is 1.21 bits per heavy atom. The highest BCUT2D eigenvalue weighted by Gasteiger charge is 2.54. The molecule has 1 aromatic carbocycles. The molecule has 8 nitrogen and oxygen atoms in total. The van der Waals surface area contributed by atoms with Crippen molar-refractivity contribution in [3.63, 3.8) is 0 Å². The van der Waals surface area contributed by atoms with Crippen LogP contribution < -0.4 is 10.1 Å². The van der Waals surface area contributed by atoms with Crippen molar-refractivity contribution in [1.29, 1.82) is 0 Å². The fourth-order valence-corrected chi connectivity index (χ4v) is 4.56. The van der Waals surface area contributed by atoms with Crippen LogP contribution in [-0.2, 0) is 14.3 Å². The van der Waals surface area contributed by atoms with Crippen molar-refractivity contribution in [2.45, 2.75) is 65.6 Å². The van der Waals surface area contributed by atoms with Gasteiger partial charge in [-0.1, -0.05) is 40.7 Å². The smallest absolute Gasteiger partial charge is 0.257 e. The second-order valence-electron chi connectivity index (χ2n) is 10.9. The molecule has 1 atom stereocenters. The van der Waals surface area contributed by atoms with E-state index in [1.54, 1.807) is 36.3 Å². The SMILES string of the molecule is COc1cccc(C(=O)N2[C@@H](C(=O)NCC(C)C)COC23CCN(C(=O)CC(C)(C)C)CC3)c1. The first-order chi connectivity index (χ1) is 16.0. The molecule has 2 aliphatic rings. The molecule has 188 valence electrons. The van der Waals surface area contributed by atoms with Crippen molar-refractivity contribution in [2.75, 3.05) is 33.4 Å². The molecule has 2 aliphatic heterocycles. The van der Waals surface area contributed by atoms with Crippen molar-refractivity contribution in [3.8, 4) is 5.75 Å². The van der Waals surface area contributed by atoms with E-state index in [9.17, 15) is 14.4 Å². The van der Waals surface area contributed by atoms with Crippen LogP contribution in [0.3, 0.4) is 0 Å². The van der Waals surface area contributed by atoms with Crippen molar-refractivity contribution >= 4 is 17.7 Å². The standard InChI is InChI=1S/C26H39N3O5/c1-18(2)16-27-23(31)21-17-34-26(10-12-28(13-11-26)22(30)15-25(3,4)5)29(21)24(32)19-8-7-9-20(14-19)33-6/h7-9,14,18,21H,10-13,15-17H2,1-6H3,(H,27,31)/t21-/m1/s1. The van der Waals surface area contributed by atoms with Crippen LogP contribution in [0.4, 0.5) is 0 Å². The van der Waals surface area contributed by atoms with Gasteiger partial charge in [0.05, 0.1) is 13.7 Å². The number of ether oxygens (including phenoxy) is 2. The van der Waals surface area contributed by atoms with E-state index in [1.807, 2.05) is 39.5 Å². The Morgan fingerprint density at radius 2 is 1.88 bits per heavy atom. The Bertz CT molecular complexity index is 900. The lowest BCUT2D eigenvalue weighted by molar-refractivity contribution is -0.145. The lowest BCUT2D eigenvalue weighted by Gasteiger charge is -2.45. The minimum atomic E-state index is -0.918. The number of nitrogens with zero attached hydrogens (tertiary/aromatic N) is 2. The van der Waals surface area contributed by atoms with Crippen molar-refractivity contribution < 1.29 is 23.9 Å². The van der Waals surface area contributed by atoms with Gasteiger partial charge in [0, 0.05) is 44.5 Å². The van der Waals surface area contributed by atoms with Crippen molar-refractivity contribution in [1.82, 2.24) is 15.1 Å². The van der Waals surface area contributed by atoms with Crippen LogP contribution in [0.2, 0.25) is 0 Å². The van der Waals surface area contributed by atoms with Crippen LogP contribution in [0.15, 0.2) is 24.3 Å². The number of carbonyl (C=O) groups is 3. The van der Waals surface area contributed by atoms with Gasteiger partial charge < -0.3 is 19.7 Å². The zero-order valence-corrected chi connectivity index (χ0v) is 21.3. The maximum Gasteiger partial charge on any atom is 0.257 e. The third kappa shape index (κ3) is 5.90. The third-order valence-electron chi connectivity index (χ3n) is 6.36. The summed E-state index contributed by atoms with van der Waals surface area (Å²) in [5.74, 6) is 0.490. The third-order valence-corrected chi connectivity index (χ3v) is 6.36. The molecule has 3 amide bonds. The van der Waals surface area contributed by atoms with Crippen LogP contribution in [0.5, 0.6) is 5.75 Å². The average Bonchev–Trinajstić information content (AvgIpc) is 3.14. The highest BCUT2D eigenvalue weighted by molar-refractivity contribution is 5.98. The summed E-state index contributed by atoms with van der Waals surface area (Å²) in [7, 11) is 1.55. The number of piperidine rings is 1. The highest BCUT2D eigenvalue weighted by atomic mass is 16.5. The van der Waals surface area contributed by atoms with Gasteiger partial charge in [-0.15, -0.1) is 0 Å². The molecule has 8 heteroatoms. The number of methoxy groups -OCH3 is 1. The molecule has 2 saturated heterocycles. The minimum absolute atomic E-state index is 0.0932. The maximum atomic E-state index is 13.8. The first-order valence-corrected chi connectivity index (χ1v) is 12.1. The Morgan fingerprint density at radius 3 is 2.47 bits per heavy atom. The molecule has 3 rings (SSSR count). The van der Waals surface area contributed by atoms with Crippen molar-refractivity contribution in [3.05, 3.63) is 29.8 Å². The predicted molar refractivity (Wildman–Crippen MR) is 129 cm³/mol. The molecule has 0 aromatic heterocycles. The summed E-state index contributed by atoms with van der Waals surface area (Å²) in [6.07, 6.45) is 1.40. The predicted octanol–water partition coefficient (Wildman–Crippen LogP) is 3.06. The van der Waals surface area contributed by atoms with E-state index in [1.165, 1.54) is 0 Å². The number of hydrogen-bond acceptors (Lipinski definition) is 5. The topological polar surface area (TPSA) is 88.2 Å². The van der Waals surface area contributed by atoms with Gasteiger partial charge in [0.15, 0.2) is 0 Å². The number of nitrogens with one attached hydrogen (secondary N) is 1. The molecule has 0 unspecified atom stereocenters. The van der Waals surface area contributed by atoms with Gasteiger partial charge in [-0.25, -0.2) is 0 Å². The van der Waals surface area contributed by atoms with Gasteiger partial charge in [0.25, 0.3) is 5.91 Å². The average molecular weight is 474 g/mol. The Labute approximate surface area is 202 Å². The van der Waals surface area contributed by atoms with Gasteiger partial charge in [-0.2, -0.15) is 0 Å². The molecule has 0 saturated carbocycles. The minimum Gasteiger partial charge on any atom is -0.497 e. The molecule has 0 bridgehead atoms. The van der Waals surface area contributed by atoms with E-state index < -0.39 is 11.8 Å².